The third-order valence-corrected chi connectivity index (χ3v) is 10.2. The van der Waals surface area contributed by atoms with E-state index in [9.17, 15) is 29.7 Å². The second-order valence-electron chi connectivity index (χ2n) is 12.5. The first-order valence-electron chi connectivity index (χ1n) is 13.6. The topological polar surface area (TPSA) is 130 Å². The van der Waals surface area contributed by atoms with Gasteiger partial charge in [0.05, 0.1) is 18.1 Å². The number of hydrogen-bond acceptors (Lipinski definition) is 8. The van der Waals surface area contributed by atoms with Crippen LogP contribution in [-0.2, 0) is 23.9 Å². The molecule has 0 bridgehead atoms. The monoisotopic (exact) mass is 530 g/mol. The molecule has 9 atom stereocenters. The molecule has 38 heavy (non-hydrogen) atoms. The third kappa shape index (κ3) is 3.56. The van der Waals surface area contributed by atoms with Crippen molar-refractivity contribution in [3.63, 3.8) is 0 Å². The number of fused-ring (bicyclic) bond motifs is 5. The maximum Gasteiger partial charge on any atom is 0.333 e. The van der Waals surface area contributed by atoms with E-state index in [1.807, 2.05) is 20.8 Å². The molecule has 0 radical (unpaired) electrons. The van der Waals surface area contributed by atoms with E-state index < -0.39 is 76.3 Å². The fourth-order valence-electron chi connectivity index (χ4n) is 7.58. The highest BCUT2D eigenvalue weighted by Gasteiger charge is 2.88. The van der Waals surface area contributed by atoms with E-state index in [0.29, 0.717) is 23.1 Å². The zero-order valence-electron chi connectivity index (χ0n) is 23.7. The van der Waals surface area contributed by atoms with Crippen LogP contribution in [0.5, 0.6) is 0 Å². The van der Waals surface area contributed by atoms with Gasteiger partial charge in [-0.1, -0.05) is 52.8 Å². The molecule has 8 nitrogen and oxygen atoms in total. The molecule has 2 fully saturated rings. The molecule has 0 saturated heterocycles. The summed E-state index contributed by atoms with van der Waals surface area (Å²) in [6.45, 7) is 13.8. The number of aliphatic hydroxyl groups excluding tert-OH is 1. The van der Waals surface area contributed by atoms with E-state index in [0.717, 1.165) is 0 Å². The van der Waals surface area contributed by atoms with E-state index in [1.165, 1.54) is 0 Å². The number of ketones is 1. The lowest BCUT2D eigenvalue weighted by atomic mass is 9.59. The summed E-state index contributed by atoms with van der Waals surface area (Å²) in [6, 6.07) is 0. The molecule has 4 rings (SSSR count). The summed E-state index contributed by atoms with van der Waals surface area (Å²) in [6.07, 6.45) is 4.40. The van der Waals surface area contributed by atoms with Crippen molar-refractivity contribution < 1.29 is 39.2 Å². The van der Waals surface area contributed by atoms with Crippen LogP contribution in [0.4, 0.5) is 0 Å². The lowest BCUT2D eigenvalue weighted by Crippen LogP contribution is -2.66. The zero-order valence-corrected chi connectivity index (χ0v) is 23.7. The first kappa shape index (κ1) is 28.7. The number of carbonyl (C=O) groups is 3. The van der Waals surface area contributed by atoms with Crippen LogP contribution in [0.3, 0.4) is 0 Å². The first-order chi connectivity index (χ1) is 17.6. The van der Waals surface area contributed by atoms with Crippen LogP contribution in [0.2, 0.25) is 0 Å². The standard InChI is InChI=1S/C30H42O8/c1-9-15(3)25(33)37-24-18(6)29(36)20(22-27(7,8)30(22,24)38-26(34)16(4)10-2)12-19(14-31)13-28(35)21(29)11-17(5)23(28)32/h9,11-12,16,18,20-22,24,31,35-36H,10,13-14H2,1-8H3/b15-9+/t16-,18+,20-,21-,22-,24+,28+,29+,30+/m0/s1. The average Bonchev–Trinajstić information content (AvgIpc) is 3.30. The Morgan fingerprint density at radius 3 is 2.42 bits per heavy atom. The number of aliphatic hydroxyl groups is 3. The van der Waals surface area contributed by atoms with Gasteiger partial charge in [-0.3, -0.25) is 9.59 Å². The molecule has 4 aliphatic carbocycles. The Balaban J connectivity index is 1.95. The Hall–Kier alpha value is -2.29. The normalized spacial score (nSPS) is 42.0. The molecule has 0 aromatic carbocycles. The number of rotatable bonds is 6. The number of Topliss-reactive ketones (excluding diaryl/α,β-unsaturated/α-hetero) is 1. The van der Waals surface area contributed by atoms with E-state index in [2.05, 4.69) is 0 Å². The van der Waals surface area contributed by atoms with Gasteiger partial charge < -0.3 is 24.8 Å². The maximum atomic E-state index is 13.3. The highest BCUT2D eigenvalue weighted by Crippen LogP contribution is 2.77. The molecule has 0 heterocycles. The SMILES string of the molecule is C/C=C(\C)C(=O)O[C@@H]1[C@@H](C)[C@]2(O)[C@H]3C=C(C)C(=O)[C@@]3(O)CC(CO)=C[C@H]2[C@H]2C(C)(C)[C@]12OC(=O)[C@@H](C)CC. The van der Waals surface area contributed by atoms with Gasteiger partial charge in [0.15, 0.2) is 11.4 Å². The molecule has 210 valence electrons. The van der Waals surface area contributed by atoms with Crippen LogP contribution in [0.15, 0.2) is 34.9 Å². The number of ether oxygens (including phenoxy) is 2. The predicted octanol–water partition coefficient (Wildman–Crippen LogP) is 3.04. The van der Waals surface area contributed by atoms with Gasteiger partial charge in [0, 0.05) is 41.1 Å². The number of carbonyl (C=O) groups excluding carboxylic acids is 3. The molecule has 0 unspecified atom stereocenters. The molecule has 4 aliphatic rings. The lowest BCUT2D eigenvalue weighted by Gasteiger charge is -2.53. The van der Waals surface area contributed by atoms with Crippen LogP contribution >= 0.6 is 0 Å². The Labute approximate surface area is 224 Å². The summed E-state index contributed by atoms with van der Waals surface area (Å²) in [7, 11) is 0. The minimum atomic E-state index is -1.95. The van der Waals surface area contributed by atoms with Gasteiger partial charge >= 0.3 is 11.9 Å². The molecular weight excluding hydrogens is 488 g/mol. The summed E-state index contributed by atoms with van der Waals surface area (Å²) >= 11 is 0. The Morgan fingerprint density at radius 1 is 1.24 bits per heavy atom. The van der Waals surface area contributed by atoms with Crippen molar-refractivity contribution in [3.05, 3.63) is 34.9 Å². The molecule has 0 aromatic rings. The number of esters is 2. The molecule has 0 aliphatic heterocycles. The quantitative estimate of drug-likeness (QED) is 0.271. The summed E-state index contributed by atoms with van der Waals surface area (Å²) in [5.41, 5.74) is -4.51. The summed E-state index contributed by atoms with van der Waals surface area (Å²) in [5.74, 6) is -4.91. The van der Waals surface area contributed by atoms with Crippen LogP contribution in [0.1, 0.15) is 68.2 Å². The smallest absolute Gasteiger partial charge is 0.333 e. The zero-order chi connectivity index (χ0) is 28.6. The van der Waals surface area contributed by atoms with Gasteiger partial charge in [-0.15, -0.1) is 0 Å². The molecule has 8 heteroatoms. The first-order valence-corrected chi connectivity index (χ1v) is 13.6. The second-order valence-corrected chi connectivity index (χ2v) is 12.5. The van der Waals surface area contributed by atoms with Crippen LogP contribution in [0, 0.1) is 35.0 Å². The Morgan fingerprint density at radius 2 is 1.87 bits per heavy atom. The van der Waals surface area contributed by atoms with Crippen molar-refractivity contribution in [2.75, 3.05) is 6.61 Å². The Kier molecular flexibility index (Phi) is 6.90. The van der Waals surface area contributed by atoms with Crippen molar-refractivity contribution >= 4 is 17.7 Å². The van der Waals surface area contributed by atoms with Crippen molar-refractivity contribution in [2.24, 2.45) is 35.0 Å². The van der Waals surface area contributed by atoms with E-state index in [4.69, 9.17) is 9.47 Å². The van der Waals surface area contributed by atoms with E-state index in [-0.39, 0.29) is 12.3 Å². The van der Waals surface area contributed by atoms with Gasteiger partial charge in [0.25, 0.3) is 0 Å². The van der Waals surface area contributed by atoms with Crippen LogP contribution in [-0.4, -0.2) is 62.6 Å². The fourth-order valence-corrected chi connectivity index (χ4v) is 7.58. The summed E-state index contributed by atoms with van der Waals surface area (Å²) in [5, 5.41) is 34.7. The van der Waals surface area contributed by atoms with Gasteiger partial charge in [-0.2, -0.15) is 0 Å². The molecule has 0 amide bonds. The molecule has 3 N–H and O–H groups in total. The number of hydrogen-bond donors (Lipinski definition) is 3. The van der Waals surface area contributed by atoms with Crippen molar-refractivity contribution in [3.8, 4) is 0 Å². The second kappa shape index (κ2) is 9.14. The maximum absolute atomic E-state index is 13.3. The van der Waals surface area contributed by atoms with Crippen molar-refractivity contribution in [2.45, 2.75) is 91.1 Å². The Bertz CT molecular complexity index is 1150. The van der Waals surface area contributed by atoms with Crippen molar-refractivity contribution in [1.82, 2.24) is 0 Å². The average molecular weight is 531 g/mol. The van der Waals surface area contributed by atoms with Gasteiger partial charge in [0.1, 0.15) is 11.7 Å². The third-order valence-electron chi connectivity index (χ3n) is 10.2. The molecule has 0 aromatic heterocycles. The molecular formula is C30H42O8. The van der Waals surface area contributed by atoms with Gasteiger partial charge in [-0.05, 0) is 38.3 Å². The van der Waals surface area contributed by atoms with E-state index >= 15 is 0 Å². The predicted molar refractivity (Wildman–Crippen MR) is 139 cm³/mol. The minimum absolute atomic E-state index is 0.124. The summed E-state index contributed by atoms with van der Waals surface area (Å²) < 4.78 is 12.4. The van der Waals surface area contributed by atoms with Gasteiger partial charge in [0.2, 0.25) is 0 Å². The van der Waals surface area contributed by atoms with Crippen LogP contribution in [0.25, 0.3) is 0 Å². The molecule has 0 spiro atoms. The van der Waals surface area contributed by atoms with Crippen molar-refractivity contribution in [1.29, 1.82) is 0 Å². The highest BCUT2D eigenvalue weighted by atomic mass is 16.6. The highest BCUT2D eigenvalue weighted by molar-refractivity contribution is 6.04. The van der Waals surface area contributed by atoms with Gasteiger partial charge in [-0.25, -0.2) is 4.79 Å². The molecule has 2 saturated carbocycles. The minimum Gasteiger partial charge on any atom is -0.454 e. The van der Waals surface area contributed by atoms with E-state index in [1.54, 1.807) is 52.8 Å². The van der Waals surface area contributed by atoms with Crippen LogP contribution < -0.4 is 0 Å². The fraction of sp³-hybridized carbons (Fsp3) is 0.700. The number of allylic oxidation sites excluding steroid dienone is 1. The lowest BCUT2D eigenvalue weighted by molar-refractivity contribution is -0.228. The largest absolute Gasteiger partial charge is 0.454 e. The summed E-state index contributed by atoms with van der Waals surface area (Å²) in [4.78, 5) is 39.6.